The SMILES string of the molecule is CNC(=C1CCC1)c1cc(C)c(-c2nc3cc(C)ccn3c2CC(=O)CCl)c(F)c1. The number of allylic oxidation sites excluding steroid dienone is 1. The van der Waals surface area contributed by atoms with Gasteiger partial charge in [0.05, 0.1) is 23.7 Å². The molecule has 4 nitrogen and oxygen atoms in total. The summed E-state index contributed by atoms with van der Waals surface area (Å²) in [6, 6.07) is 7.45. The first kappa shape index (κ1) is 20.6. The summed E-state index contributed by atoms with van der Waals surface area (Å²) in [5.41, 5.74) is 7.33. The van der Waals surface area contributed by atoms with Gasteiger partial charge in [-0.05, 0) is 74.1 Å². The van der Waals surface area contributed by atoms with Crippen molar-refractivity contribution in [3.63, 3.8) is 0 Å². The van der Waals surface area contributed by atoms with Gasteiger partial charge in [-0.2, -0.15) is 0 Å². The summed E-state index contributed by atoms with van der Waals surface area (Å²) in [4.78, 5) is 16.9. The molecule has 1 fully saturated rings. The Bertz CT molecular complexity index is 1150. The first-order valence-electron chi connectivity index (χ1n) is 10.2. The standard InChI is InChI=1S/C24H25ClFN3O/c1-14-7-8-29-20(12-18(30)13-25)24(28-21(29)9-14)22-15(2)10-17(11-19(22)26)23(27-3)16-5-4-6-16/h7-11,27H,4-6,12-13H2,1-3H3. The highest BCUT2D eigenvalue weighted by atomic mass is 35.5. The third-order valence-electron chi connectivity index (χ3n) is 5.77. The summed E-state index contributed by atoms with van der Waals surface area (Å²) in [6.45, 7) is 3.87. The average molecular weight is 426 g/mol. The van der Waals surface area contributed by atoms with Gasteiger partial charge in [0, 0.05) is 30.1 Å². The van der Waals surface area contributed by atoms with Crippen molar-refractivity contribution < 1.29 is 9.18 Å². The molecule has 0 atom stereocenters. The quantitative estimate of drug-likeness (QED) is 0.550. The normalized spacial score (nSPS) is 13.4. The van der Waals surface area contributed by atoms with Gasteiger partial charge in [0.1, 0.15) is 11.5 Å². The van der Waals surface area contributed by atoms with Crippen LogP contribution < -0.4 is 5.32 Å². The van der Waals surface area contributed by atoms with Crippen molar-refractivity contribution in [1.29, 1.82) is 0 Å². The van der Waals surface area contributed by atoms with Gasteiger partial charge in [0.25, 0.3) is 0 Å². The molecular formula is C24H25ClFN3O. The lowest BCUT2D eigenvalue weighted by Crippen LogP contribution is -2.13. The van der Waals surface area contributed by atoms with E-state index < -0.39 is 0 Å². The highest BCUT2D eigenvalue weighted by Gasteiger charge is 2.23. The number of benzene rings is 1. The number of rotatable bonds is 6. The van der Waals surface area contributed by atoms with Crippen molar-refractivity contribution >= 4 is 28.7 Å². The number of ketones is 1. The molecule has 1 aliphatic rings. The molecule has 0 saturated heterocycles. The maximum Gasteiger partial charge on any atom is 0.153 e. The van der Waals surface area contributed by atoms with Crippen LogP contribution in [0.1, 0.15) is 41.6 Å². The molecule has 1 N–H and O–H groups in total. The van der Waals surface area contributed by atoms with Crippen molar-refractivity contribution in [3.05, 3.63) is 64.2 Å². The molecule has 30 heavy (non-hydrogen) atoms. The minimum atomic E-state index is -0.336. The first-order chi connectivity index (χ1) is 14.4. The van der Waals surface area contributed by atoms with E-state index in [0.29, 0.717) is 22.6 Å². The molecule has 0 aliphatic heterocycles. The van der Waals surface area contributed by atoms with Crippen LogP contribution in [0, 0.1) is 19.7 Å². The van der Waals surface area contributed by atoms with E-state index in [0.717, 1.165) is 35.2 Å². The van der Waals surface area contributed by atoms with E-state index in [1.54, 1.807) is 6.07 Å². The minimum absolute atomic E-state index is 0.0853. The van der Waals surface area contributed by atoms with Crippen LogP contribution in [0.15, 0.2) is 36.0 Å². The molecular weight excluding hydrogens is 401 g/mol. The van der Waals surface area contributed by atoms with Gasteiger partial charge in [0.2, 0.25) is 0 Å². The third-order valence-corrected chi connectivity index (χ3v) is 6.07. The van der Waals surface area contributed by atoms with Gasteiger partial charge >= 0.3 is 0 Å². The number of aryl methyl sites for hydroxylation is 2. The van der Waals surface area contributed by atoms with Gasteiger partial charge in [-0.3, -0.25) is 4.79 Å². The zero-order valence-corrected chi connectivity index (χ0v) is 18.2. The number of halogens is 2. The average Bonchev–Trinajstić information content (AvgIpc) is 3.00. The van der Waals surface area contributed by atoms with E-state index in [9.17, 15) is 4.79 Å². The third kappa shape index (κ3) is 3.63. The lowest BCUT2D eigenvalue weighted by Gasteiger charge is -2.23. The van der Waals surface area contributed by atoms with Crippen molar-refractivity contribution in [2.75, 3.05) is 12.9 Å². The lowest BCUT2D eigenvalue weighted by molar-refractivity contribution is -0.116. The maximum atomic E-state index is 15.5. The van der Waals surface area contributed by atoms with Gasteiger partial charge in [0.15, 0.2) is 5.78 Å². The van der Waals surface area contributed by atoms with Crippen LogP contribution in [0.3, 0.4) is 0 Å². The van der Waals surface area contributed by atoms with Crippen LogP contribution >= 0.6 is 11.6 Å². The Balaban J connectivity index is 1.89. The fourth-order valence-electron chi connectivity index (χ4n) is 4.12. The Morgan fingerprint density at radius 3 is 2.63 bits per heavy atom. The second kappa shape index (κ2) is 8.23. The fraction of sp³-hybridized carbons (Fsp3) is 0.333. The van der Waals surface area contributed by atoms with Crippen molar-refractivity contribution in [3.8, 4) is 11.3 Å². The zero-order valence-electron chi connectivity index (χ0n) is 17.5. The fourth-order valence-corrected chi connectivity index (χ4v) is 4.21. The van der Waals surface area contributed by atoms with Crippen molar-refractivity contribution in [2.45, 2.75) is 39.5 Å². The summed E-state index contributed by atoms with van der Waals surface area (Å²) in [5, 5.41) is 3.24. The molecule has 1 aromatic carbocycles. The van der Waals surface area contributed by atoms with Crippen LogP contribution in [0.2, 0.25) is 0 Å². The molecule has 0 amide bonds. The number of Topliss-reactive ketones (excluding diaryl/α,β-unsaturated/α-hetero) is 1. The number of carbonyl (C=O) groups is 1. The van der Waals surface area contributed by atoms with Crippen LogP contribution in [-0.4, -0.2) is 28.1 Å². The summed E-state index contributed by atoms with van der Waals surface area (Å²) < 4.78 is 17.3. The highest BCUT2D eigenvalue weighted by molar-refractivity contribution is 6.27. The Hall–Kier alpha value is -2.66. The van der Waals surface area contributed by atoms with Gasteiger partial charge < -0.3 is 9.72 Å². The van der Waals surface area contributed by atoms with Gasteiger partial charge in [-0.25, -0.2) is 9.37 Å². The van der Waals surface area contributed by atoms with Crippen LogP contribution in [0.4, 0.5) is 4.39 Å². The van der Waals surface area contributed by atoms with Crippen LogP contribution in [0.5, 0.6) is 0 Å². The number of hydrogen-bond acceptors (Lipinski definition) is 3. The molecule has 4 rings (SSSR count). The van der Waals surface area contributed by atoms with Gasteiger partial charge in [-0.1, -0.05) is 0 Å². The zero-order chi connectivity index (χ0) is 21.4. The Morgan fingerprint density at radius 2 is 2.03 bits per heavy atom. The van der Waals surface area contributed by atoms with Crippen LogP contribution in [0.25, 0.3) is 22.6 Å². The Kier molecular flexibility index (Phi) is 5.65. The van der Waals surface area contributed by atoms with Crippen LogP contribution in [-0.2, 0) is 11.2 Å². The summed E-state index contributed by atoms with van der Waals surface area (Å²) in [7, 11) is 1.88. The smallest absolute Gasteiger partial charge is 0.153 e. The molecule has 6 heteroatoms. The van der Waals surface area contributed by atoms with E-state index in [-0.39, 0.29) is 23.9 Å². The number of carbonyl (C=O) groups excluding carboxylic acids is 1. The Morgan fingerprint density at radius 1 is 1.27 bits per heavy atom. The van der Waals surface area contributed by atoms with Gasteiger partial charge in [-0.15, -0.1) is 11.6 Å². The number of pyridine rings is 1. The molecule has 156 valence electrons. The number of alkyl halides is 1. The molecule has 0 radical (unpaired) electrons. The topological polar surface area (TPSA) is 46.4 Å². The molecule has 2 heterocycles. The maximum absolute atomic E-state index is 15.5. The van der Waals surface area contributed by atoms with E-state index in [2.05, 4.69) is 5.32 Å². The van der Waals surface area contributed by atoms with Crippen molar-refractivity contribution in [1.82, 2.24) is 14.7 Å². The largest absolute Gasteiger partial charge is 0.388 e. The molecule has 0 spiro atoms. The number of nitrogens with zero attached hydrogens (tertiary/aromatic N) is 2. The summed E-state index contributed by atoms with van der Waals surface area (Å²) in [6.07, 6.45) is 5.26. The molecule has 0 bridgehead atoms. The number of aromatic nitrogens is 2. The number of fused-ring (bicyclic) bond motifs is 1. The molecule has 1 saturated carbocycles. The molecule has 1 aliphatic carbocycles. The first-order valence-corrected chi connectivity index (χ1v) is 10.7. The predicted octanol–water partition coefficient (Wildman–Crippen LogP) is 5.22. The second-order valence-electron chi connectivity index (χ2n) is 7.92. The van der Waals surface area contributed by atoms with E-state index in [4.69, 9.17) is 16.6 Å². The number of imidazole rings is 1. The highest BCUT2D eigenvalue weighted by Crippen LogP contribution is 2.36. The molecule has 3 aromatic rings. The van der Waals surface area contributed by atoms with E-state index >= 15 is 4.39 Å². The minimum Gasteiger partial charge on any atom is -0.388 e. The Labute approximate surface area is 180 Å². The molecule has 0 unspecified atom stereocenters. The number of hydrogen-bond donors (Lipinski definition) is 1. The van der Waals surface area contributed by atoms with E-state index in [1.165, 1.54) is 12.0 Å². The summed E-state index contributed by atoms with van der Waals surface area (Å²) in [5.74, 6) is -0.544. The predicted molar refractivity (Wildman–Crippen MR) is 119 cm³/mol. The molecule has 2 aromatic heterocycles. The van der Waals surface area contributed by atoms with E-state index in [1.807, 2.05) is 49.7 Å². The summed E-state index contributed by atoms with van der Waals surface area (Å²) >= 11 is 5.76. The lowest BCUT2D eigenvalue weighted by atomic mass is 9.87. The monoisotopic (exact) mass is 425 g/mol. The van der Waals surface area contributed by atoms with Crippen molar-refractivity contribution in [2.24, 2.45) is 0 Å². The number of nitrogens with one attached hydrogen (secondary N) is 1. The second-order valence-corrected chi connectivity index (χ2v) is 8.19.